The summed E-state index contributed by atoms with van der Waals surface area (Å²) in [5, 5.41) is 15.3. The van der Waals surface area contributed by atoms with Gasteiger partial charge in [0.1, 0.15) is 5.71 Å². The summed E-state index contributed by atoms with van der Waals surface area (Å²) in [5.74, 6) is -0.805. The zero-order valence-corrected chi connectivity index (χ0v) is 14.3. The Kier molecular flexibility index (Phi) is 5.33. The lowest BCUT2D eigenvalue weighted by atomic mass is 10.1. The highest BCUT2D eigenvalue weighted by Crippen LogP contribution is 2.26. The first-order valence-corrected chi connectivity index (χ1v) is 8.61. The fourth-order valence-corrected chi connectivity index (χ4v) is 3.27. The summed E-state index contributed by atoms with van der Waals surface area (Å²) < 4.78 is 5.44. The second kappa shape index (κ2) is 7.65. The average Bonchev–Trinajstić information content (AvgIpc) is 3.27. The minimum atomic E-state index is -0.981. The van der Waals surface area contributed by atoms with E-state index in [1.54, 1.807) is 17.0 Å². The van der Waals surface area contributed by atoms with Crippen LogP contribution in [0.4, 0.5) is 5.69 Å². The number of nitrogens with zero attached hydrogens (tertiary/aromatic N) is 3. The lowest BCUT2D eigenvalue weighted by molar-refractivity contribution is -0.138. The van der Waals surface area contributed by atoms with Crippen molar-refractivity contribution in [1.82, 2.24) is 4.90 Å². The lowest BCUT2D eigenvalue weighted by Gasteiger charge is -2.19. The number of rotatable bonds is 6. The van der Waals surface area contributed by atoms with Crippen molar-refractivity contribution >= 4 is 23.3 Å². The number of aliphatic carboxylic acids is 1. The lowest BCUT2D eigenvalue weighted by Crippen LogP contribution is -2.36. The van der Waals surface area contributed by atoms with E-state index in [0.717, 1.165) is 6.42 Å². The second-order valence-electron chi connectivity index (χ2n) is 6.35. The molecule has 2 unspecified atom stereocenters. The van der Waals surface area contributed by atoms with Gasteiger partial charge in [0, 0.05) is 32.0 Å². The van der Waals surface area contributed by atoms with Crippen LogP contribution in [0.2, 0.25) is 0 Å². The molecule has 0 radical (unpaired) electrons. The molecule has 2 aliphatic rings. The van der Waals surface area contributed by atoms with Gasteiger partial charge in [-0.15, -0.1) is 0 Å². The highest BCUT2D eigenvalue weighted by molar-refractivity contribution is 6.40. The van der Waals surface area contributed by atoms with E-state index in [2.05, 4.69) is 5.10 Å². The van der Waals surface area contributed by atoms with Crippen molar-refractivity contribution in [3.63, 3.8) is 0 Å². The van der Waals surface area contributed by atoms with Crippen molar-refractivity contribution < 1.29 is 19.4 Å². The van der Waals surface area contributed by atoms with Gasteiger partial charge in [0.2, 0.25) is 0 Å². The number of hydrazone groups is 1. The van der Waals surface area contributed by atoms with Gasteiger partial charge >= 0.3 is 5.97 Å². The van der Waals surface area contributed by atoms with Crippen LogP contribution in [-0.2, 0) is 14.3 Å². The molecule has 0 saturated carbocycles. The van der Waals surface area contributed by atoms with Gasteiger partial charge in [-0.3, -0.25) is 9.80 Å². The minimum Gasteiger partial charge on any atom is -0.480 e. The highest BCUT2D eigenvalue weighted by Gasteiger charge is 2.38. The van der Waals surface area contributed by atoms with Crippen molar-refractivity contribution in [2.45, 2.75) is 25.8 Å². The Morgan fingerprint density at radius 2 is 2.08 bits per heavy atom. The number of carbonyl (C=O) groups is 2. The van der Waals surface area contributed by atoms with E-state index in [-0.39, 0.29) is 12.3 Å². The zero-order chi connectivity index (χ0) is 17.8. The molecule has 1 saturated heterocycles. The van der Waals surface area contributed by atoms with Crippen LogP contribution < -0.4 is 5.01 Å². The molecule has 25 heavy (non-hydrogen) atoms. The predicted octanol–water partition coefficient (Wildman–Crippen LogP) is 1.59. The number of carboxylic acids is 1. The van der Waals surface area contributed by atoms with Crippen molar-refractivity contribution in [2.24, 2.45) is 11.0 Å². The van der Waals surface area contributed by atoms with Gasteiger partial charge in [0.25, 0.3) is 5.91 Å². The van der Waals surface area contributed by atoms with Crippen LogP contribution in [0.15, 0.2) is 35.4 Å². The van der Waals surface area contributed by atoms with Crippen molar-refractivity contribution in [1.29, 1.82) is 0 Å². The molecule has 0 aromatic heterocycles. The molecule has 1 amide bonds. The molecular formula is C18H23N3O4. The molecular weight excluding hydrogens is 322 g/mol. The number of carboxylic acid groups (broad SMARTS) is 1. The van der Waals surface area contributed by atoms with E-state index in [0.29, 0.717) is 43.6 Å². The molecule has 1 aromatic rings. The Labute approximate surface area is 146 Å². The van der Waals surface area contributed by atoms with Gasteiger partial charge < -0.3 is 14.7 Å². The number of hydrogen-bond donors (Lipinski definition) is 1. The van der Waals surface area contributed by atoms with Crippen LogP contribution in [0, 0.1) is 5.92 Å². The monoisotopic (exact) mass is 345 g/mol. The maximum absolute atomic E-state index is 12.7. The Balaban J connectivity index is 1.71. The Hall–Kier alpha value is -2.41. The van der Waals surface area contributed by atoms with Crippen LogP contribution in [0.1, 0.15) is 19.8 Å². The number of anilines is 1. The standard InChI is InChI=1S/C18H23N3O4/c1-2-25-12-13-8-9-20(11-13)17(22)15-10-16(18(23)24)21(19-15)14-6-4-3-5-7-14/h3-7,13,16H,2,8-12H2,1H3,(H,23,24). The minimum absolute atomic E-state index is 0.121. The smallest absolute Gasteiger partial charge is 0.328 e. The first-order chi connectivity index (χ1) is 12.1. The molecule has 3 rings (SSSR count). The SMILES string of the molecule is CCOCC1CCN(C(=O)C2=NN(c3ccccc3)C(C(=O)O)C2)C1. The summed E-state index contributed by atoms with van der Waals surface area (Å²) in [5.41, 5.74) is 0.988. The van der Waals surface area contributed by atoms with Crippen molar-refractivity contribution in [3.05, 3.63) is 30.3 Å². The zero-order valence-electron chi connectivity index (χ0n) is 14.3. The Morgan fingerprint density at radius 1 is 1.32 bits per heavy atom. The molecule has 2 aliphatic heterocycles. The van der Waals surface area contributed by atoms with Crippen LogP contribution in [0.5, 0.6) is 0 Å². The third kappa shape index (κ3) is 3.82. The number of likely N-dealkylation sites (tertiary alicyclic amines) is 1. The summed E-state index contributed by atoms with van der Waals surface area (Å²) in [6.07, 6.45) is 1.03. The predicted molar refractivity (Wildman–Crippen MR) is 93.6 cm³/mol. The summed E-state index contributed by atoms with van der Waals surface area (Å²) in [6, 6.07) is 8.24. The molecule has 7 heteroatoms. The second-order valence-corrected chi connectivity index (χ2v) is 6.35. The summed E-state index contributed by atoms with van der Waals surface area (Å²) in [7, 11) is 0. The highest BCUT2D eigenvalue weighted by atomic mass is 16.5. The van der Waals surface area contributed by atoms with Crippen LogP contribution in [-0.4, -0.2) is 59.9 Å². The number of para-hydroxylation sites is 1. The average molecular weight is 345 g/mol. The molecule has 0 bridgehead atoms. The summed E-state index contributed by atoms with van der Waals surface area (Å²) in [6.45, 7) is 4.58. The third-order valence-corrected chi connectivity index (χ3v) is 4.59. The van der Waals surface area contributed by atoms with Crippen LogP contribution in [0.3, 0.4) is 0 Å². The van der Waals surface area contributed by atoms with Gasteiger partial charge in [-0.1, -0.05) is 18.2 Å². The van der Waals surface area contributed by atoms with E-state index in [9.17, 15) is 14.7 Å². The van der Waals surface area contributed by atoms with Gasteiger partial charge in [0.15, 0.2) is 6.04 Å². The van der Waals surface area contributed by atoms with Crippen molar-refractivity contribution in [3.8, 4) is 0 Å². The fourth-order valence-electron chi connectivity index (χ4n) is 3.27. The van der Waals surface area contributed by atoms with E-state index >= 15 is 0 Å². The largest absolute Gasteiger partial charge is 0.480 e. The number of ether oxygens (including phenoxy) is 1. The first kappa shape index (κ1) is 17.4. The topological polar surface area (TPSA) is 82.4 Å². The third-order valence-electron chi connectivity index (χ3n) is 4.59. The van der Waals surface area contributed by atoms with Gasteiger partial charge in [-0.25, -0.2) is 4.79 Å². The number of benzene rings is 1. The first-order valence-electron chi connectivity index (χ1n) is 8.61. The molecule has 2 atom stereocenters. The molecule has 7 nitrogen and oxygen atoms in total. The number of amides is 1. The van der Waals surface area contributed by atoms with Gasteiger partial charge in [-0.05, 0) is 25.5 Å². The van der Waals surface area contributed by atoms with E-state index in [1.807, 2.05) is 25.1 Å². The quantitative estimate of drug-likeness (QED) is 0.847. The normalized spacial score (nSPS) is 23.0. The number of hydrogen-bond acceptors (Lipinski definition) is 5. The number of carbonyl (C=O) groups excluding carboxylic acids is 1. The molecule has 0 spiro atoms. The van der Waals surface area contributed by atoms with Crippen LogP contribution >= 0.6 is 0 Å². The summed E-state index contributed by atoms with van der Waals surface area (Å²) >= 11 is 0. The van der Waals surface area contributed by atoms with Gasteiger partial charge in [0.05, 0.1) is 12.3 Å². The van der Waals surface area contributed by atoms with E-state index in [1.165, 1.54) is 5.01 Å². The maximum atomic E-state index is 12.7. The molecule has 0 aliphatic carbocycles. The van der Waals surface area contributed by atoms with Crippen molar-refractivity contribution in [2.75, 3.05) is 31.3 Å². The Morgan fingerprint density at radius 3 is 2.76 bits per heavy atom. The van der Waals surface area contributed by atoms with Gasteiger partial charge in [-0.2, -0.15) is 5.10 Å². The molecule has 1 fully saturated rings. The fraction of sp³-hybridized carbons (Fsp3) is 0.500. The van der Waals surface area contributed by atoms with Crippen LogP contribution in [0.25, 0.3) is 0 Å². The maximum Gasteiger partial charge on any atom is 0.328 e. The van der Waals surface area contributed by atoms with E-state index in [4.69, 9.17) is 4.74 Å². The molecule has 1 aromatic carbocycles. The molecule has 134 valence electrons. The Bertz CT molecular complexity index is 662. The summed E-state index contributed by atoms with van der Waals surface area (Å²) in [4.78, 5) is 26.1. The molecule has 2 heterocycles. The molecule has 1 N–H and O–H groups in total. The van der Waals surface area contributed by atoms with E-state index < -0.39 is 12.0 Å².